The molecule has 2 heterocycles. The summed E-state index contributed by atoms with van der Waals surface area (Å²) in [6, 6.07) is 15.4. The average Bonchev–Trinajstić information content (AvgIpc) is 3.05. The molecule has 0 bridgehead atoms. The summed E-state index contributed by atoms with van der Waals surface area (Å²) in [4.78, 5) is 14.8. The molecule has 1 aliphatic heterocycles. The Bertz CT molecular complexity index is 930. The number of H-pyrrole nitrogens is 1. The van der Waals surface area contributed by atoms with Crippen LogP contribution in [0.2, 0.25) is 5.02 Å². The molecular formula is C20H18ClN3O. The zero-order valence-electron chi connectivity index (χ0n) is 13.9. The molecule has 0 saturated heterocycles. The fourth-order valence-electron chi connectivity index (χ4n) is 3.30. The third-order valence-electron chi connectivity index (χ3n) is 4.71. The molecular weight excluding hydrogens is 334 g/mol. The van der Waals surface area contributed by atoms with Crippen LogP contribution in [0, 0.1) is 6.92 Å². The lowest BCUT2D eigenvalue weighted by molar-refractivity contribution is 0.0734. The molecule has 0 unspecified atom stereocenters. The van der Waals surface area contributed by atoms with E-state index in [1.807, 2.05) is 60.4 Å². The number of hydrogen-bond donors (Lipinski definition) is 1. The third-order valence-corrected chi connectivity index (χ3v) is 4.97. The van der Waals surface area contributed by atoms with E-state index in [2.05, 4.69) is 10.2 Å². The van der Waals surface area contributed by atoms with Crippen LogP contribution in [0.1, 0.15) is 27.2 Å². The minimum atomic E-state index is 0.0759. The van der Waals surface area contributed by atoms with Gasteiger partial charge >= 0.3 is 0 Å². The van der Waals surface area contributed by atoms with Gasteiger partial charge in [0.1, 0.15) is 0 Å². The Kier molecular flexibility index (Phi) is 4.06. The lowest BCUT2D eigenvalue weighted by Gasteiger charge is -2.27. The molecule has 0 spiro atoms. The van der Waals surface area contributed by atoms with Crippen molar-refractivity contribution in [2.75, 3.05) is 6.54 Å². The first kappa shape index (κ1) is 15.9. The van der Waals surface area contributed by atoms with E-state index in [0.717, 1.165) is 40.1 Å². The number of aryl methyl sites for hydroxylation is 1. The second-order valence-corrected chi connectivity index (χ2v) is 6.76. The van der Waals surface area contributed by atoms with Gasteiger partial charge in [0.15, 0.2) is 0 Å². The maximum Gasteiger partial charge on any atom is 0.254 e. The lowest BCUT2D eigenvalue weighted by atomic mass is 9.99. The first-order valence-corrected chi connectivity index (χ1v) is 8.68. The number of amides is 1. The molecule has 1 amide bonds. The average molecular weight is 352 g/mol. The second kappa shape index (κ2) is 6.37. The smallest absolute Gasteiger partial charge is 0.254 e. The summed E-state index contributed by atoms with van der Waals surface area (Å²) in [7, 11) is 0. The molecule has 3 aromatic rings. The predicted molar refractivity (Wildman–Crippen MR) is 98.7 cm³/mol. The molecule has 0 saturated carbocycles. The predicted octanol–water partition coefficient (Wildman–Crippen LogP) is 4.24. The topological polar surface area (TPSA) is 49.0 Å². The summed E-state index contributed by atoms with van der Waals surface area (Å²) in [5.41, 5.74) is 5.88. The van der Waals surface area contributed by atoms with Crippen LogP contribution >= 0.6 is 11.6 Å². The molecule has 1 N–H and O–H groups in total. The maximum absolute atomic E-state index is 12.9. The van der Waals surface area contributed by atoms with Gasteiger partial charge in [0, 0.05) is 46.9 Å². The highest BCUT2D eigenvalue weighted by atomic mass is 35.5. The largest absolute Gasteiger partial charge is 0.334 e. The number of rotatable bonds is 2. The summed E-state index contributed by atoms with van der Waals surface area (Å²) in [6.07, 6.45) is 0.785. The highest BCUT2D eigenvalue weighted by molar-refractivity contribution is 6.30. The van der Waals surface area contributed by atoms with Gasteiger partial charge in [-0.1, -0.05) is 41.9 Å². The van der Waals surface area contributed by atoms with Crippen LogP contribution in [0.3, 0.4) is 0 Å². The molecule has 25 heavy (non-hydrogen) atoms. The van der Waals surface area contributed by atoms with Crippen molar-refractivity contribution in [3.05, 3.63) is 75.9 Å². The summed E-state index contributed by atoms with van der Waals surface area (Å²) in [6.45, 7) is 3.24. The Morgan fingerprint density at radius 1 is 1.16 bits per heavy atom. The first-order valence-electron chi connectivity index (χ1n) is 8.30. The highest BCUT2D eigenvalue weighted by Crippen LogP contribution is 2.30. The minimum absolute atomic E-state index is 0.0759. The van der Waals surface area contributed by atoms with E-state index in [1.54, 1.807) is 0 Å². The van der Waals surface area contributed by atoms with Crippen molar-refractivity contribution in [2.24, 2.45) is 0 Å². The van der Waals surface area contributed by atoms with Gasteiger partial charge < -0.3 is 4.90 Å². The summed E-state index contributed by atoms with van der Waals surface area (Å²) >= 11 is 5.98. The van der Waals surface area contributed by atoms with E-state index in [4.69, 9.17) is 11.6 Å². The second-order valence-electron chi connectivity index (χ2n) is 6.33. The van der Waals surface area contributed by atoms with Crippen LogP contribution in [0.4, 0.5) is 0 Å². The zero-order valence-corrected chi connectivity index (χ0v) is 14.7. The van der Waals surface area contributed by atoms with Crippen molar-refractivity contribution >= 4 is 17.5 Å². The summed E-state index contributed by atoms with van der Waals surface area (Å²) in [5.74, 6) is 0.0759. The molecule has 0 atom stereocenters. The number of aromatic amines is 1. The van der Waals surface area contributed by atoms with Crippen LogP contribution in [-0.4, -0.2) is 27.5 Å². The van der Waals surface area contributed by atoms with Crippen molar-refractivity contribution in [3.8, 4) is 11.3 Å². The number of carbonyl (C=O) groups is 1. The van der Waals surface area contributed by atoms with Crippen molar-refractivity contribution in [1.29, 1.82) is 0 Å². The Morgan fingerprint density at radius 3 is 2.68 bits per heavy atom. The van der Waals surface area contributed by atoms with Crippen molar-refractivity contribution in [3.63, 3.8) is 0 Å². The lowest BCUT2D eigenvalue weighted by Crippen LogP contribution is -2.36. The van der Waals surface area contributed by atoms with Crippen molar-refractivity contribution in [1.82, 2.24) is 15.1 Å². The van der Waals surface area contributed by atoms with E-state index in [-0.39, 0.29) is 5.91 Å². The number of halogens is 1. The normalized spacial score (nSPS) is 13.6. The Balaban J connectivity index is 1.65. The number of hydrogen-bond acceptors (Lipinski definition) is 2. The fourth-order valence-corrected chi connectivity index (χ4v) is 3.42. The van der Waals surface area contributed by atoms with Gasteiger partial charge in [-0.3, -0.25) is 9.89 Å². The standard InChI is InChI=1S/C20H18ClN3O/c1-13-4-2-3-5-16(13)20(25)24-11-10-18-17(12-24)19(23-22-18)14-6-8-15(21)9-7-14/h2-9H,10-12H2,1H3,(H,22,23). The number of nitrogens with one attached hydrogen (secondary N) is 1. The molecule has 2 aromatic carbocycles. The summed E-state index contributed by atoms with van der Waals surface area (Å²) < 4.78 is 0. The van der Waals surface area contributed by atoms with Gasteiger partial charge in [0.05, 0.1) is 5.69 Å². The molecule has 0 radical (unpaired) electrons. The van der Waals surface area contributed by atoms with Crippen LogP contribution in [-0.2, 0) is 13.0 Å². The van der Waals surface area contributed by atoms with Gasteiger partial charge in [-0.05, 0) is 30.7 Å². The maximum atomic E-state index is 12.9. The quantitative estimate of drug-likeness (QED) is 0.750. The molecule has 1 aliphatic rings. The van der Waals surface area contributed by atoms with E-state index in [9.17, 15) is 4.79 Å². The molecule has 126 valence electrons. The number of fused-ring (bicyclic) bond motifs is 1. The number of aromatic nitrogens is 2. The van der Waals surface area contributed by atoms with E-state index in [0.29, 0.717) is 18.1 Å². The van der Waals surface area contributed by atoms with Crippen LogP contribution in [0.15, 0.2) is 48.5 Å². The van der Waals surface area contributed by atoms with Crippen LogP contribution < -0.4 is 0 Å². The van der Waals surface area contributed by atoms with Crippen molar-refractivity contribution in [2.45, 2.75) is 19.9 Å². The number of nitrogens with zero attached hydrogens (tertiary/aromatic N) is 2. The van der Waals surface area contributed by atoms with Gasteiger partial charge in [0.2, 0.25) is 0 Å². The van der Waals surface area contributed by atoms with Gasteiger partial charge in [0.25, 0.3) is 5.91 Å². The Morgan fingerprint density at radius 2 is 1.92 bits per heavy atom. The van der Waals surface area contributed by atoms with Gasteiger partial charge in [-0.2, -0.15) is 5.10 Å². The van der Waals surface area contributed by atoms with E-state index in [1.165, 1.54) is 0 Å². The SMILES string of the molecule is Cc1ccccc1C(=O)N1CCc2[nH]nc(-c3ccc(Cl)cc3)c2C1. The fraction of sp³-hybridized carbons (Fsp3) is 0.200. The van der Waals surface area contributed by atoms with Crippen molar-refractivity contribution < 1.29 is 4.79 Å². The molecule has 0 fully saturated rings. The number of benzene rings is 2. The summed E-state index contributed by atoms with van der Waals surface area (Å²) in [5, 5.41) is 8.30. The Hall–Kier alpha value is -2.59. The highest BCUT2D eigenvalue weighted by Gasteiger charge is 2.26. The minimum Gasteiger partial charge on any atom is -0.334 e. The van der Waals surface area contributed by atoms with Crippen LogP contribution in [0.5, 0.6) is 0 Å². The van der Waals surface area contributed by atoms with Crippen LogP contribution in [0.25, 0.3) is 11.3 Å². The first-order chi connectivity index (χ1) is 12.1. The molecule has 4 rings (SSSR count). The zero-order chi connectivity index (χ0) is 17.4. The monoisotopic (exact) mass is 351 g/mol. The van der Waals surface area contributed by atoms with E-state index < -0.39 is 0 Å². The Labute approximate surface area is 151 Å². The molecule has 1 aromatic heterocycles. The number of carbonyl (C=O) groups excluding carboxylic acids is 1. The molecule has 0 aliphatic carbocycles. The van der Waals surface area contributed by atoms with Gasteiger partial charge in [-0.15, -0.1) is 0 Å². The molecule has 5 heteroatoms. The molecule has 4 nitrogen and oxygen atoms in total. The third kappa shape index (κ3) is 2.94. The van der Waals surface area contributed by atoms with E-state index >= 15 is 0 Å². The van der Waals surface area contributed by atoms with Gasteiger partial charge in [-0.25, -0.2) is 0 Å².